The molecule has 2 aliphatic rings. The molecule has 1 aliphatic carbocycles. The Hall–Kier alpha value is -2.60. The highest BCUT2D eigenvalue weighted by molar-refractivity contribution is 6.00. The van der Waals surface area contributed by atoms with E-state index in [2.05, 4.69) is 47.2 Å². The minimum atomic E-state index is -0.238. The van der Waals surface area contributed by atoms with E-state index < -0.39 is 0 Å². The average Bonchev–Trinajstić information content (AvgIpc) is 3.21. The van der Waals surface area contributed by atoms with Crippen molar-refractivity contribution < 1.29 is 14.3 Å². The molecule has 1 aliphatic heterocycles. The molecule has 2 atom stereocenters. The third kappa shape index (κ3) is 7.73. The van der Waals surface area contributed by atoms with E-state index >= 15 is 0 Å². The van der Waals surface area contributed by atoms with Gasteiger partial charge >= 0.3 is 0 Å². The van der Waals surface area contributed by atoms with Gasteiger partial charge in [0.2, 0.25) is 11.8 Å². The number of piperidine rings is 1. The predicted molar refractivity (Wildman–Crippen MR) is 137 cm³/mol. The molecule has 1 unspecified atom stereocenters. The van der Waals surface area contributed by atoms with Crippen molar-refractivity contribution in [1.82, 2.24) is 15.5 Å². The van der Waals surface area contributed by atoms with Gasteiger partial charge in [0.1, 0.15) is 5.60 Å². The maximum atomic E-state index is 12.1. The van der Waals surface area contributed by atoms with Gasteiger partial charge in [-0.25, -0.2) is 0 Å². The first-order valence-corrected chi connectivity index (χ1v) is 12.6. The van der Waals surface area contributed by atoms with E-state index in [9.17, 15) is 9.59 Å². The molecule has 2 fully saturated rings. The van der Waals surface area contributed by atoms with E-state index in [0.29, 0.717) is 24.8 Å². The molecule has 2 amide bonds. The van der Waals surface area contributed by atoms with Crippen molar-refractivity contribution >= 4 is 17.9 Å². The number of hydrogen-bond acceptors (Lipinski definition) is 5. The molecule has 34 heavy (non-hydrogen) atoms. The predicted octanol–water partition coefficient (Wildman–Crippen LogP) is 4.73. The number of hydrogen-bond donors (Lipinski definition) is 2. The lowest BCUT2D eigenvalue weighted by atomic mass is 9.90. The van der Waals surface area contributed by atoms with Gasteiger partial charge in [-0.2, -0.15) is 0 Å². The van der Waals surface area contributed by atoms with Crippen LogP contribution in [0.2, 0.25) is 0 Å². The number of nitrogens with one attached hydrogen (secondary N) is 2. The molecule has 0 bridgehead atoms. The number of carbonyl (C=O) groups excluding carboxylic acids is 2. The first-order chi connectivity index (χ1) is 16.1. The van der Waals surface area contributed by atoms with Crippen LogP contribution < -0.4 is 10.6 Å². The van der Waals surface area contributed by atoms with Crippen LogP contribution in [0.4, 0.5) is 0 Å². The van der Waals surface area contributed by atoms with Crippen LogP contribution >= 0.6 is 0 Å². The number of carbonyl (C=O) groups is 2. The molecule has 1 heterocycles. The summed E-state index contributed by atoms with van der Waals surface area (Å²) in [5, 5.41) is 5.77. The van der Waals surface area contributed by atoms with Crippen LogP contribution in [-0.2, 0) is 14.3 Å². The molecule has 2 N–H and O–H groups in total. The topological polar surface area (TPSA) is 70.7 Å². The van der Waals surface area contributed by atoms with Gasteiger partial charge < -0.3 is 10.1 Å². The summed E-state index contributed by atoms with van der Waals surface area (Å²) < 4.78 is 5.78. The molecule has 1 aromatic carbocycles. The van der Waals surface area contributed by atoms with E-state index in [0.717, 1.165) is 44.5 Å². The second kappa shape index (κ2) is 11.7. The molecule has 1 saturated heterocycles. The molecular formula is C28H41N3O3. The maximum Gasteiger partial charge on any atom is 0.234 e. The van der Waals surface area contributed by atoms with Crippen LogP contribution in [0.3, 0.4) is 0 Å². The number of rotatable bonds is 10. The lowest BCUT2D eigenvalue weighted by Gasteiger charge is -2.29. The molecule has 186 valence electrons. The summed E-state index contributed by atoms with van der Waals surface area (Å²) >= 11 is 0. The minimum absolute atomic E-state index is 0.172. The second-order valence-corrected chi connectivity index (χ2v) is 10.5. The number of amides is 2. The van der Waals surface area contributed by atoms with Crippen molar-refractivity contribution in [2.75, 3.05) is 19.6 Å². The summed E-state index contributed by atoms with van der Waals surface area (Å²) in [6.07, 6.45) is 7.82. The fourth-order valence-electron chi connectivity index (χ4n) is 4.88. The first-order valence-electron chi connectivity index (χ1n) is 12.6. The Morgan fingerprint density at radius 3 is 2.56 bits per heavy atom. The zero-order valence-corrected chi connectivity index (χ0v) is 21.3. The Bertz CT molecular complexity index is 898. The Morgan fingerprint density at radius 2 is 1.91 bits per heavy atom. The van der Waals surface area contributed by atoms with Gasteiger partial charge in [-0.1, -0.05) is 42.8 Å². The van der Waals surface area contributed by atoms with E-state index in [1.807, 2.05) is 32.9 Å². The highest BCUT2D eigenvalue weighted by Crippen LogP contribution is 2.31. The molecule has 6 heteroatoms. The lowest BCUT2D eigenvalue weighted by Crippen LogP contribution is -2.39. The van der Waals surface area contributed by atoms with Gasteiger partial charge in [-0.15, -0.1) is 0 Å². The Kier molecular flexibility index (Phi) is 8.95. The van der Waals surface area contributed by atoms with E-state index in [4.69, 9.17) is 4.74 Å². The molecule has 0 aromatic heterocycles. The van der Waals surface area contributed by atoms with E-state index in [1.54, 1.807) is 0 Å². The van der Waals surface area contributed by atoms with Gasteiger partial charge in [-0.05, 0) is 77.1 Å². The summed E-state index contributed by atoms with van der Waals surface area (Å²) in [5.74, 6) is 0.0579. The molecule has 6 nitrogen and oxygen atoms in total. The highest BCUT2D eigenvalue weighted by Gasteiger charge is 2.28. The number of benzene rings is 1. The summed E-state index contributed by atoms with van der Waals surface area (Å²) in [6, 6.07) is 8.80. The van der Waals surface area contributed by atoms with Gasteiger partial charge in [0.15, 0.2) is 5.88 Å². The maximum absolute atomic E-state index is 12.1. The van der Waals surface area contributed by atoms with Crippen LogP contribution in [0.15, 0.2) is 42.3 Å². The van der Waals surface area contributed by atoms with Gasteiger partial charge in [0, 0.05) is 25.6 Å². The number of imide groups is 1. The highest BCUT2D eigenvalue weighted by atomic mass is 16.5. The summed E-state index contributed by atoms with van der Waals surface area (Å²) in [7, 11) is 0. The normalized spacial score (nSPS) is 22.2. The summed E-state index contributed by atoms with van der Waals surface area (Å²) in [6.45, 7) is 15.2. The Morgan fingerprint density at radius 1 is 1.18 bits per heavy atom. The third-order valence-electron chi connectivity index (χ3n) is 6.42. The standard InChI is InChI=1S/C28H41N3O3/c1-6-16-31(17-15-29-20(2)34-28(3,4)5)24-12-9-22(19-24)18-21-7-10-23(11-8-21)25-13-14-26(32)30-27(25)33/h7-8,10-11,18,24-25,29H,2,6,9,12-17,19H2,1,3-5H3,(H,30,32,33)/b22-18-/t24?,25-/m0/s1. The number of nitrogens with zero attached hydrogens (tertiary/aromatic N) is 1. The monoisotopic (exact) mass is 467 g/mol. The van der Waals surface area contributed by atoms with E-state index in [1.165, 1.54) is 17.6 Å². The van der Waals surface area contributed by atoms with Gasteiger partial charge in [-0.3, -0.25) is 19.8 Å². The third-order valence-corrected chi connectivity index (χ3v) is 6.42. The van der Waals surface area contributed by atoms with Crippen LogP contribution in [0.1, 0.15) is 83.3 Å². The zero-order valence-electron chi connectivity index (χ0n) is 21.3. The lowest BCUT2D eigenvalue weighted by molar-refractivity contribution is -0.134. The molecule has 3 rings (SSSR count). The molecule has 0 spiro atoms. The second-order valence-electron chi connectivity index (χ2n) is 10.5. The Balaban J connectivity index is 1.53. The van der Waals surface area contributed by atoms with Crippen molar-refractivity contribution in [1.29, 1.82) is 0 Å². The summed E-state index contributed by atoms with van der Waals surface area (Å²) in [5.41, 5.74) is 3.40. The fourth-order valence-corrected chi connectivity index (χ4v) is 4.88. The van der Waals surface area contributed by atoms with Crippen molar-refractivity contribution in [2.45, 2.75) is 83.8 Å². The van der Waals surface area contributed by atoms with Crippen LogP contribution in [-0.4, -0.2) is 48.0 Å². The van der Waals surface area contributed by atoms with Crippen molar-refractivity contribution in [3.8, 4) is 0 Å². The van der Waals surface area contributed by atoms with Crippen LogP contribution in [0.5, 0.6) is 0 Å². The van der Waals surface area contributed by atoms with E-state index in [-0.39, 0.29) is 23.3 Å². The van der Waals surface area contributed by atoms with Crippen LogP contribution in [0.25, 0.3) is 6.08 Å². The summed E-state index contributed by atoms with van der Waals surface area (Å²) in [4.78, 5) is 26.1. The molecule has 1 aromatic rings. The first kappa shape index (κ1) is 26.0. The van der Waals surface area contributed by atoms with Crippen LogP contribution in [0, 0.1) is 0 Å². The molecule has 1 saturated carbocycles. The molecular weight excluding hydrogens is 426 g/mol. The Labute approximate surface area is 204 Å². The fraction of sp³-hybridized carbons (Fsp3) is 0.571. The quantitative estimate of drug-likeness (QED) is 0.385. The molecule has 0 radical (unpaired) electrons. The SMILES string of the molecule is C=C(NCCN(CCC)C1CC/C(=C/c2ccc([C@@H]3CCC(=O)NC3=O)cc2)C1)OC(C)(C)C. The van der Waals surface area contributed by atoms with Gasteiger partial charge in [0.25, 0.3) is 0 Å². The smallest absolute Gasteiger partial charge is 0.234 e. The van der Waals surface area contributed by atoms with Crippen molar-refractivity contribution in [3.05, 3.63) is 53.4 Å². The van der Waals surface area contributed by atoms with Crippen molar-refractivity contribution in [2.24, 2.45) is 0 Å². The van der Waals surface area contributed by atoms with Crippen molar-refractivity contribution in [3.63, 3.8) is 0 Å². The number of ether oxygens (including phenoxy) is 1. The van der Waals surface area contributed by atoms with Gasteiger partial charge in [0.05, 0.1) is 5.92 Å². The minimum Gasteiger partial charge on any atom is -0.474 e. The largest absolute Gasteiger partial charge is 0.474 e. The average molecular weight is 468 g/mol. The zero-order chi connectivity index (χ0) is 24.7.